The van der Waals surface area contributed by atoms with Crippen LogP contribution in [0.25, 0.3) is 0 Å². The molecule has 0 saturated carbocycles. The Labute approximate surface area is 176 Å². The van der Waals surface area contributed by atoms with Crippen LogP contribution in [0, 0.1) is 0 Å². The SMILES string of the molecule is C=C(NC)C(CCC=O)N(C)Cc1cc(CCCCCCCNC)ccc1C=O. The molecule has 5 nitrogen and oxygen atoms in total. The van der Waals surface area contributed by atoms with Crippen molar-refractivity contribution in [2.45, 2.75) is 64.0 Å². The monoisotopic (exact) mass is 401 g/mol. The van der Waals surface area contributed by atoms with Crippen LogP contribution in [-0.4, -0.2) is 51.2 Å². The van der Waals surface area contributed by atoms with E-state index in [-0.39, 0.29) is 6.04 Å². The summed E-state index contributed by atoms with van der Waals surface area (Å²) >= 11 is 0. The number of rotatable bonds is 17. The molecule has 0 heterocycles. The molecule has 1 unspecified atom stereocenters. The predicted molar refractivity (Wildman–Crippen MR) is 121 cm³/mol. The van der Waals surface area contributed by atoms with Crippen LogP contribution in [0.2, 0.25) is 0 Å². The van der Waals surface area contributed by atoms with Crippen molar-refractivity contribution in [3.8, 4) is 0 Å². The minimum atomic E-state index is 0.0472. The number of aldehydes is 2. The number of nitrogens with zero attached hydrogens (tertiary/aromatic N) is 1. The van der Waals surface area contributed by atoms with Crippen LogP contribution < -0.4 is 10.6 Å². The Hall–Kier alpha value is -1.98. The van der Waals surface area contributed by atoms with Crippen LogP contribution in [0.5, 0.6) is 0 Å². The zero-order valence-electron chi connectivity index (χ0n) is 18.5. The van der Waals surface area contributed by atoms with Gasteiger partial charge in [-0.25, -0.2) is 0 Å². The van der Waals surface area contributed by atoms with E-state index in [1.54, 1.807) is 0 Å². The molecule has 0 saturated heterocycles. The average molecular weight is 402 g/mol. The smallest absolute Gasteiger partial charge is 0.150 e. The maximum atomic E-state index is 11.5. The molecule has 0 fully saturated rings. The highest BCUT2D eigenvalue weighted by Gasteiger charge is 2.18. The Kier molecular flexibility index (Phi) is 12.9. The minimum absolute atomic E-state index is 0.0472. The number of hydrogen-bond donors (Lipinski definition) is 2. The first-order valence-electron chi connectivity index (χ1n) is 10.8. The highest BCUT2D eigenvalue weighted by molar-refractivity contribution is 5.77. The second kappa shape index (κ2) is 14.9. The molecular weight excluding hydrogens is 362 g/mol. The molecule has 0 aromatic heterocycles. The van der Waals surface area contributed by atoms with Gasteiger partial charge in [-0.15, -0.1) is 0 Å². The Bertz CT molecular complexity index is 631. The van der Waals surface area contributed by atoms with E-state index in [0.717, 1.165) is 42.4 Å². The van der Waals surface area contributed by atoms with Crippen LogP contribution >= 0.6 is 0 Å². The summed E-state index contributed by atoms with van der Waals surface area (Å²) in [6.45, 7) is 5.83. The lowest BCUT2D eigenvalue weighted by atomic mass is 9.99. The number of nitrogens with one attached hydrogen (secondary N) is 2. The largest absolute Gasteiger partial charge is 0.391 e. The van der Waals surface area contributed by atoms with Crippen molar-refractivity contribution in [3.63, 3.8) is 0 Å². The van der Waals surface area contributed by atoms with Crippen molar-refractivity contribution >= 4 is 12.6 Å². The van der Waals surface area contributed by atoms with E-state index in [1.807, 2.05) is 27.2 Å². The summed E-state index contributed by atoms with van der Waals surface area (Å²) in [6, 6.07) is 6.22. The molecule has 0 spiro atoms. The van der Waals surface area contributed by atoms with Crippen molar-refractivity contribution in [3.05, 3.63) is 47.2 Å². The fourth-order valence-electron chi connectivity index (χ4n) is 3.66. The Morgan fingerprint density at radius 1 is 1.14 bits per heavy atom. The summed E-state index contributed by atoms with van der Waals surface area (Å²) in [7, 11) is 5.86. The van der Waals surface area contributed by atoms with E-state index in [4.69, 9.17) is 0 Å². The number of aryl methyl sites for hydroxylation is 1. The second-order valence-electron chi connectivity index (χ2n) is 7.72. The Morgan fingerprint density at radius 3 is 2.52 bits per heavy atom. The molecule has 29 heavy (non-hydrogen) atoms. The van der Waals surface area contributed by atoms with Gasteiger partial charge < -0.3 is 15.4 Å². The highest BCUT2D eigenvalue weighted by Crippen LogP contribution is 2.19. The maximum Gasteiger partial charge on any atom is 0.150 e. The lowest BCUT2D eigenvalue weighted by molar-refractivity contribution is -0.108. The van der Waals surface area contributed by atoms with Crippen molar-refractivity contribution in [1.29, 1.82) is 0 Å². The molecule has 2 N–H and O–H groups in total. The quantitative estimate of drug-likeness (QED) is 0.308. The molecule has 0 aliphatic rings. The number of benzene rings is 1. The molecular formula is C24H39N3O2. The van der Waals surface area contributed by atoms with E-state index >= 15 is 0 Å². The predicted octanol–water partition coefficient (Wildman–Crippen LogP) is 3.72. The van der Waals surface area contributed by atoms with Gasteiger partial charge in [-0.3, -0.25) is 9.69 Å². The molecule has 0 aliphatic carbocycles. The van der Waals surface area contributed by atoms with Crippen molar-refractivity contribution < 1.29 is 9.59 Å². The van der Waals surface area contributed by atoms with Crippen LogP contribution in [0.1, 0.15) is 66.4 Å². The van der Waals surface area contributed by atoms with Crippen molar-refractivity contribution in [1.82, 2.24) is 15.5 Å². The summed E-state index contributed by atoms with van der Waals surface area (Å²) in [4.78, 5) is 24.5. The topological polar surface area (TPSA) is 61.4 Å². The summed E-state index contributed by atoms with van der Waals surface area (Å²) in [6.07, 6.45) is 10.3. The molecule has 1 atom stereocenters. The maximum absolute atomic E-state index is 11.5. The van der Waals surface area contributed by atoms with Crippen LogP contribution in [0.15, 0.2) is 30.5 Å². The fraction of sp³-hybridized carbons (Fsp3) is 0.583. The number of hydrogen-bond acceptors (Lipinski definition) is 5. The first-order chi connectivity index (χ1) is 14.1. The van der Waals surface area contributed by atoms with Gasteiger partial charge in [0.25, 0.3) is 0 Å². The normalized spacial score (nSPS) is 12.0. The number of likely N-dealkylation sites (N-methyl/N-ethyl adjacent to an activating group) is 2. The van der Waals surface area contributed by atoms with E-state index in [9.17, 15) is 9.59 Å². The van der Waals surface area contributed by atoms with Gasteiger partial charge in [-0.2, -0.15) is 0 Å². The molecule has 5 heteroatoms. The van der Waals surface area contributed by atoms with E-state index in [2.05, 4.69) is 34.2 Å². The molecule has 0 amide bonds. The first kappa shape index (κ1) is 25.1. The number of unbranched alkanes of at least 4 members (excludes halogenated alkanes) is 4. The molecule has 1 aromatic carbocycles. The molecule has 162 valence electrons. The molecule has 1 aromatic rings. The van der Waals surface area contributed by atoms with Gasteiger partial charge in [0.1, 0.15) is 12.6 Å². The number of carbonyl (C=O) groups excluding carboxylic acids is 2. The highest BCUT2D eigenvalue weighted by atomic mass is 16.1. The van der Waals surface area contributed by atoms with Gasteiger partial charge in [-0.1, -0.05) is 44.0 Å². The Morgan fingerprint density at radius 2 is 1.86 bits per heavy atom. The zero-order chi connectivity index (χ0) is 21.5. The van der Waals surface area contributed by atoms with E-state index in [0.29, 0.717) is 19.4 Å². The van der Waals surface area contributed by atoms with Crippen molar-refractivity contribution in [2.24, 2.45) is 0 Å². The van der Waals surface area contributed by atoms with Gasteiger partial charge in [0.05, 0.1) is 0 Å². The average Bonchev–Trinajstić information content (AvgIpc) is 2.73. The van der Waals surface area contributed by atoms with Gasteiger partial charge in [0.2, 0.25) is 0 Å². The first-order valence-corrected chi connectivity index (χ1v) is 10.8. The van der Waals surface area contributed by atoms with Crippen LogP contribution in [0.4, 0.5) is 0 Å². The standard InChI is InChI=1S/C24H39N3O2/c1-20(26-3)24(12-10-16-28)27(4)18-23-17-21(13-14-22(23)19-29)11-8-6-5-7-9-15-25-2/h13-14,16-17,19,24-26H,1,5-12,15,18H2,2-4H3. The van der Waals surface area contributed by atoms with Gasteiger partial charge in [0.15, 0.2) is 0 Å². The molecule has 0 bridgehead atoms. The van der Waals surface area contributed by atoms with Gasteiger partial charge in [0, 0.05) is 37.3 Å². The molecule has 0 radical (unpaired) electrons. The van der Waals surface area contributed by atoms with Gasteiger partial charge >= 0.3 is 0 Å². The second-order valence-corrected chi connectivity index (χ2v) is 7.72. The van der Waals surface area contributed by atoms with Crippen LogP contribution in [0.3, 0.4) is 0 Å². The molecule has 0 aliphatic heterocycles. The van der Waals surface area contributed by atoms with Crippen molar-refractivity contribution in [2.75, 3.05) is 27.7 Å². The van der Waals surface area contributed by atoms with E-state index in [1.165, 1.54) is 37.7 Å². The Balaban J connectivity index is 2.70. The fourth-order valence-corrected chi connectivity index (χ4v) is 3.66. The third-order valence-corrected chi connectivity index (χ3v) is 5.46. The lowest BCUT2D eigenvalue weighted by Gasteiger charge is -2.30. The summed E-state index contributed by atoms with van der Waals surface area (Å²) < 4.78 is 0. The summed E-state index contributed by atoms with van der Waals surface area (Å²) in [5.41, 5.74) is 3.94. The summed E-state index contributed by atoms with van der Waals surface area (Å²) in [5.74, 6) is 0. The van der Waals surface area contributed by atoms with Gasteiger partial charge in [-0.05, 0) is 57.5 Å². The zero-order valence-corrected chi connectivity index (χ0v) is 18.5. The lowest BCUT2D eigenvalue weighted by Crippen LogP contribution is -2.36. The minimum Gasteiger partial charge on any atom is -0.391 e. The summed E-state index contributed by atoms with van der Waals surface area (Å²) in [5, 5.41) is 6.30. The van der Waals surface area contributed by atoms with E-state index < -0.39 is 0 Å². The van der Waals surface area contributed by atoms with Crippen LogP contribution in [-0.2, 0) is 17.8 Å². The third kappa shape index (κ3) is 9.37. The molecule has 1 rings (SSSR count). The number of carbonyl (C=O) groups is 2. The third-order valence-electron chi connectivity index (χ3n) is 5.46.